The summed E-state index contributed by atoms with van der Waals surface area (Å²) < 4.78 is 26.7. The summed E-state index contributed by atoms with van der Waals surface area (Å²) in [5.74, 6) is 0.612. The second-order valence-corrected chi connectivity index (χ2v) is 8.67. The summed E-state index contributed by atoms with van der Waals surface area (Å²) in [4.78, 5) is 0. The van der Waals surface area contributed by atoms with E-state index in [1.807, 2.05) is 48.5 Å². The molecule has 0 N–H and O–H groups in total. The molecule has 0 bridgehead atoms. The lowest BCUT2D eigenvalue weighted by Crippen LogP contribution is -2.23. The van der Waals surface area contributed by atoms with Gasteiger partial charge in [-0.1, -0.05) is 69.3 Å². The minimum absolute atomic E-state index is 0.235. The molecule has 1 atom stereocenters. The van der Waals surface area contributed by atoms with Crippen LogP contribution in [0.5, 0.6) is 5.75 Å². The molecule has 4 heteroatoms. The van der Waals surface area contributed by atoms with Gasteiger partial charge in [-0.3, -0.25) is 0 Å². The number of hydrogen-bond donors (Lipinski definition) is 0. The Morgan fingerprint density at radius 1 is 0.933 bits per heavy atom. The summed E-state index contributed by atoms with van der Waals surface area (Å²) in [5, 5.41) is 0. The molecule has 158 valence electrons. The molecule has 3 rings (SSSR count). The van der Waals surface area contributed by atoms with Gasteiger partial charge in [-0.25, -0.2) is 4.39 Å². The van der Waals surface area contributed by atoms with Crippen LogP contribution >= 0.6 is 11.6 Å². The molecule has 30 heavy (non-hydrogen) atoms. The van der Waals surface area contributed by atoms with Crippen LogP contribution in [0.3, 0.4) is 0 Å². The van der Waals surface area contributed by atoms with E-state index in [4.69, 9.17) is 21.1 Å². The van der Waals surface area contributed by atoms with E-state index in [-0.39, 0.29) is 17.3 Å². The molecule has 0 aliphatic carbocycles. The quantitative estimate of drug-likeness (QED) is 0.363. The third-order valence-electron chi connectivity index (χ3n) is 5.11. The van der Waals surface area contributed by atoms with Crippen molar-refractivity contribution in [2.75, 3.05) is 7.11 Å². The lowest BCUT2D eigenvalue weighted by molar-refractivity contribution is -0.0305. The van der Waals surface area contributed by atoms with Crippen molar-refractivity contribution < 1.29 is 13.9 Å². The third kappa shape index (κ3) is 5.03. The van der Waals surface area contributed by atoms with Crippen LogP contribution in [0.15, 0.2) is 66.7 Å². The first-order valence-electron chi connectivity index (χ1n) is 10.0. The molecule has 0 fully saturated rings. The normalized spacial score (nSPS) is 12.6. The van der Waals surface area contributed by atoms with Crippen LogP contribution in [0.2, 0.25) is 0 Å². The molecule has 0 amide bonds. The van der Waals surface area contributed by atoms with Gasteiger partial charge in [0.15, 0.2) is 0 Å². The fourth-order valence-electron chi connectivity index (χ4n) is 3.63. The lowest BCUT2D eigenvalue weighted by atomic mass is 9.79. The molecule has 0 saturated heterocycles. The zero-order chi connectivity index (χ0) is 21.7. The molecule has 0 spiro atoms. The summed E-state index contributed by atoms with van der Waals surface area (Å²) in [5.41, 5.74) is 3.96. The van der Waals surface area contributed by atoms with E-state index in [0.717, 1.165) is 22.3 Å². The maximum Gasteiger partial charge on any atom is 0.131 e. The minimum atomic E-state index is -0.306. The molecule has 0 heterocycles. The van der Waals surface area contributed by atoms with E-state index >= 15 is 0 Å². The van der Waals surface area contributed by atoms with Gasteiger partial charge in [0.2, 0.25) is 0 Å². The van der Waals surface area contributed by atoms with Gasteiger partial charge in [0.1, 0.15) is 11.6 Å². The SMILES string of the molecule is COc1ccc(F)c(-c2cccc(CCl)c2[C@@H](OCc2ccccc2)C(C)(C)C)c1. The molecule has 3 aromatic carbocycles. The number of benzene rings is 3. The highest BCUT2D eigenvalue weighted by Gasteiger charge is 2.32. The van der Waals surface area contributed by atoms with Gasteiger partial charge in [0.25, 0.3) is 0 Å². The van der Waals surface area contributed by atoms with Crippen LogP contribution in [0, 0.1) is 11.2 Å². The topological polar surface area (TPSA) is 18.5 Å². The largest absolute Gasteiger partial charge is 0.497 e. The second-order valence-electron chi connectivity index (χ2n) is 8.40. The van der Waals surface area contributed by atoms with Crippen molar-refractivity contribution in [2.45, 2.75) is 39.4 Å². The average molecular weight is 427 g/mol. The van der Waals surface area contributed by atoms with Crippen LogP contribution in [-0.4, -0.2) is 7.11 Å². The maximum atomic E-state index is 14.9. The van der Waals surface area contributed by atoms with Crippen molar-refractivity contribution >= 4 is 11.6 Å². The Morgan fingerprint density at radius 3 is 2.30 bits per heavy atom. The van der Waals surface area contributed by atoms with Crippen molar-refractivity contribution in [1.29, 1.82) is 0 Å². The van der Waals surface area contributed by atoms with Gasteiger partial charge in [-0.05, 0) is 45.9 Å². The molecule has 0 radical (unpaired) electrons. The number of hydrogen-bond acceptors (Lipinski definition) is 2. The van der Waals surface area contributed by atoms with Crippen LogP contribution in [0.4, 0.5) is 4.39 Å². The molecular formula is C26H28ClFO2. The smallest absolute Gasteiger partial charge is 0.131 e. The summed E-state index contributed by atoms with van der Waals surface area (Å²) in [6.07, 6.45) is -0.284. The van der Waals surface area contributed by atoms with Crippen LogP contribution in [0.1, 0.15) is 43.6 Å². The van der Waals surface area contributed by atoms with Crippen molar-refractivity contribution in [3.05, 3.63) is 89.2 Å². The first-order chi connectivity index (χ1) is 14.3. The Hall–Kier alpha value is -2.36. The van der Waals surface area contributed by atoms with Crippen molar-refractivity contribution in [3.8, 4) is 16.9 Å². The summed E-state index contributed by atoms with van der Waals surface area (Å²) >= 11 is 6.33. The van der Waals surface area contributed by atoms with Gasteiger partial charge in [0, 0.05) is 11.4 Å². The zero-order valence-electron chi connectivity index (χ0n) is 17.9. The highest BCUT2D eigenvalue weighted by molar-refractivity contribution is 6.17. The van der Waals surface area contributed by atoms with E-state index in [1.54, 1.807) is 19.2 Å². The van der Waals surface area contributed by atoms with E-state index in [2.05, 4.69) is 20.8 Å². The van der Waals surface area contributed by atoms with Crippen LogP contribution < -0.4 is 4.74 Å². The predicted octanol–water partition coefficient (Wildman–Crippen LogP) is 7.54. The number of alkyl halides is 1. The Balaban J connectivity index is 2.13. The van der Waals surface area contributed by atoms with Crippen LogP contribution in [-0.2, 0) is 17.2 Å². The van der Waals surface area contributed by atoms with Crippen molar-refractivity contribution in [2.24, 2.45) is 5.41 Å². The molecule has 2 nitrogen and oxygen atoms in total. The van der Waals surface area contributed by atoms with E-state index in [0.29, 0.717) is 23.8 Å². The van der Waals surface area contributed by atoms with Crippen molar-refractivity contribution in [3.63, 3.8) is 0 Å². The Kier molecular flexibility index (Phi) is 7.17. The van der Waals surface area contributed by atoms with Crippen LogP contribution in [0.25, 0.3) is 11.1 Å². The number of halogens is 2. The van der Waals surface area contributed by atoms with Gasteiger partial charge < -0.3 is 9.47 Å². The fraction of sp³-hybridized carbons (Fsp3) is 0.308. The molecule has 0 aromatic heterocycles. The summed E-state index contributed by atoms with van der Waals surface area (Å²) in [7, 11) is 1.58. The van der Waals surface area contributed by atoms with Gasteiger partial charge in [-0.15, -0.1) is 11.6 Å². The average Bonchev–Trinajstić information content (AvgIpc) is 2.74. The summed E-state index contributed by atoms with van der Waals surface area (Å²) in [6.45, 7) is 6.83. The molecule has 0 aliphatic rings. The zero-order valence-corrected chi connectivity index (χ0v) is 18.7. The molecular weight excluding hydrogens is 399 g/mol. The Morgan fingerprint density at radius 2 is 1.67 bits per heavy atom. The van der Waals surface area contributed by atoms with E-state index in [1.165, 1.54) is 6.07 Å². The first-order valence-corrected chi connectivity index (χ1v) is 10.6. The van der Waals surface area contributed by atoms with Gasteiger partial charge >= 0.3 is 0 Å². The molecule has 0 saturated carbocycles. The maximum absolute atomic E-state index is 14.9. The first kappa shape index (κ1) is 22.3. The third-order valence-corrected chi connectivity index (χ3v) is 5.40. The standard InChI is InChI=1S/C26H28ClFO2/c1-26(2,3)25(30-17-18-9-6-5-7-10-18)24-19(16-27)11-8-12-21(24)22-15-20(29-4)13-14-23(22)28/h5-15,25H,16-17H2,1-4H3/t25-/m1/s1. The van der Waals surface area contributed by atoms with E-state index in [9.17, 15) is 4.39 Å². The highest BCUT2D eigenvalue weighted by atomic mass is 35.5. The Labute approximate surface area is 183 Å². The monoisotopic (exact) mass is 426 g/mol. The van der Waals surface area contributed by atoms with Gasteiger partial charge in [0.05, 0.1) is 19.8 Å². The second kappa shape index (κ2) is 9.63. The number of methoxy groups -OCH3 is 1. The molecule has 0 unspecified atom stereocenters. The number of rotatable bonds is 7. The fourth-order valence-corrected chi connectivity index (χ4v) is 3.86. The minimum Gasteiger partial charge on any atom is -0.497 e. The number of ether oxygens (including phenoxy) is 2. The Bertz CT molecular complexity index is 980. The van der Waals surface area contributed by atoms with E-state index < -0.39 is 0 Å². The predicted molar refractivity (Wildman–Crippen MR) is 121 cm³/mol. The highest BCUT2D eigenvalue weighted by Crippen LogP contribution is 2.44. The van der Waals surface area contributed by atoms with Gasteiger partial charge in [-0.2, -0.15) is 0 Å². The van der Waals surface area contributed by atoms with Crippen molar-refractivity contribution in [1.82, 2.24) is 0 Å². The molecule has 0 aliphatic heterocycles. The lowest BCUT2D eigenvalue weighted by Gasteiger charge is -2.34. The summed E-state index contributed by atoms with van der Waals surface area (Å²) in [6, 6.07) is 20.6. The molecule has 3 aromatic rings.